The number of carbonyl (C=O) groups is 2. The maximum absolute atomic E-state index is 15.5. The van der Waals surface area contributed by atoms with Crippen LogP contribution >= 0.6 is 0 Å². The highest BCUT2D eigenvalue weighted by molar-refractivity contribution is 5.76. The predicted octanol–water partition coefficient (Wildman–Crippen LogP) is 4.36. The average molecular weight is 514 g/mol. The lowest BCUT2D eigenvalue weighted by molar-refractivity contribution is -0.137. The van der Waals surface area contributed by atoms with Crippen molar-refractivity contribution in [1.29, 1.82) is 0 Å². The van der Waals surface area contributed by atoms with E-state index in [-0.39, 0.29) is 24.9 Å². The van der Waals surface area contributed by atoms with Crippen molar-refractivity contribution in [2.24, 2.45) is 11.7 Å². The number of halogens is 1. The first kappa shape index (κ1) is 28.6. The van der Waals surface area contributed by atoms with Crippen molar-refractivity contribution in [3.8, 4) is 11.1 Å². The molecular formula is C29H40FN3O4. The Hall–Kier alpha value is -2.97. The van der Waals surface area contributed by atoms with E-state index in [4.69, 9.17) is 10.5 Å². The van der Waals surface area contributed by atoms with Crippen LogP contribution in [0.2, 0.25) is 0 Å². The molecule has 2 aromatic rings. The molecule has 2 atom stereocenters. The topological polar surface area (TPSA) is 105 Å². The number of aliphatic hydroxyl groups is 1. The van der Waals surface area contributed by atoms with Crippen LogP contribution in [-0.2, 0) is 21.6 Å². The summed E-state index contributed by atoms with van der Waals surface area (Å²) in [5.74, 6) is -0.652. The fourth-order valence-corrected chi connectivity index (χ4v) is 5.37. The van der Waals surface area contributed by atoms with Crippen LogP contribution in [-0.4, -0.2) is 55.3 Å². The third-order valence-electron chi connectivity index (χ3n) is 7.32. The molecule has 8 heteroatoms. The third kappa shape index (κ3) is 7.29. The second kappa shape index (κ2) is 13.5. The highest BCUT2D eigenvalue weighted by Gasteiger charge is 2.43. The van der Waals surface area contributed by atoms with Gasteiger partial charge in [-0.05, 0) is 74.9 Å². The molecular weight excluding hydrogens is 473 g/mol. The van der Waals surface area contributed by atoms with E-state index in [1.165, 1.54) is 6.07 Å². The minimum atomic E-state index is -1.44. The monoisotopic (exact) mass is 513 g/mol. The first-order chi connectivity index (χ1) is 17.8. The van der Waals surface area contributed by atoms with Gasteiger partial charge >= 0.3 is 6.09 Å². The Morgan fingerprint density at radius 1 is 1.24 bits per heavy atom. The lowest BCUT2D eigenvalue weighted by Crippen LogP contribution is -2.48. The molecule has 0 aliphatic carbocycles. The average Bonchev–Trinajstić information content (AvgIpc) is 2.91. The third-order valence-corrected chi connectivity index (χ3v) is 7.32. The molecule has 0 radical (unpaired) electrons. The number of nitrogens with one attached hydrogen (secondary N) is 1. The quantitative estimate of drug-likeness (QED) is 0.366. The molecule has 7 nitrogen and oxygen atoms in total. The Morgan fingerprint density at radius 2 is 2.03 bits per heavy atom. The summed E-state index contributed by atoms with van der Waals surface area (Å²) in [6.07, 6.45) is 3.13. The van der Waals surface area contributed by atoms with Gasteiger partial charge in [0.05, 0.1) is 12.2 Å². The first-order valence-corrected chi connectivity index (χ1v) is 13.3. The summed E-state index contributed by atoms with van der Waals surface area (Å²) in [5, 5.41) is 15.5. The molecule has 0 aromatic heterocycles. The van der Waals surface area contributed by atoms with E-state index in [1.54, 1.807) is 12.1 Å². The van der Waals surface area contributed by atoms with Crippen molar-refractivity contribution in [3.63, 3.8) is 0 Å². The van der Waals surface area contributed by atoms with Gasteiger partial charge in [0.25, 0.3) is 0 Å². The summed E-state index contributed by atoms with van der Waals surface area (Å²) < 4.78 is 20.4. The molecule has 1 saturated heterocycles. The molecule has 0 saturated carbocycles. The fraction of sp³-hybridized carbons (Fsp3) is 0.517. The van der Waals surface area contributed by atoms with E-state index in [2.05, 4.69) is 5.32 Å². The number of likely N-dealkylation sites (tertiary alicyclic amines) is 1. The largest absolute Gasteiger partial charge is 0.450 e. The van der Waals surface area contributed by atoms with Crippen molar-refractivity contribution >= 4 is 12.0 Å². The summed E-state index contributed by atoms with van der Waals surface area (Å²) >= 11 is 0. The van der Waals surface area contributed by atoms with Gasteiger partial charge in [-0.15, -0.1) is 0 Å². The van der Waals surface area contributed by atoms with Crippen LogP contribution in [0, 0.1) is 11.7 Å². The maximum Gasteiger partial charge on any atom is 0.404 e. The number of amides is 2. The van der Waals surface area contributed by atoms with Gasteiger partial charge in [0, 0.05) is 31.0 Å². The van der Waals surface area contributed by atoms with Crippen LogP contribution in [0.5, 0.6) is 0 Å². The standard InChI is InChI=1S/C29H40FN3O4/c1-3-21-9-4-10-22(19-21)27-24(12-5-13-25(27)30)29(36,15-8-18-37-28(31)35)23-11-7-17-33(20-23)26(34)14-6-16-32-2/h4-5,9-10,12-13,19,23,32,36H,3,6-8,11,14-18,20H2,1-2H3,(H2,31,35)/t23-,29+/m1/s1. The van der Waals surface area contributed by atoms with Crippen LogP contribution in [0.1, 0.15) is 56.6 Å². The van der Waals surface area contributed by atoms with Crippen LogP contribution in [0.4, 0.5) is 9.18 Å². The van der Waals surface area contributed by atoms with Crippen LogP contribution in [0.3, 0.4) is 0 Å². The van der Waals surface area contributed by atoms with Crippen molar-refractivity contribution in [2.45, 2.75) is 57.5 Å². The first-order valence-electron chi connectivity index (χ1n) is 13.3. The molecule has 1 aliphatic rings. The van der Waals surface area contributed by atoms with Gasteiger partial charge in [0.15, 0.2) is 0 Å². The highest BCUT2D eigenvalue weighted by Crippen LogP contribution is 2.44. The molecule has 1 aliphatic heterocycles. The van der Waals surface area contributed by atoms with Crippen molar-refractivity contribution < 1.29 is 23.8 Å². The molecule has 1 heterocycles. The number of hydrogen-bond donors (Lipinski definition) is 3. The summed E-state index contributed by atoms with van der Waals surface area (Å²) in [6, 6.07) is 12.5. The second-order valence-electron chi connectivity index (χ2n) is 9.80. The van der Waals surface area contributed by atoms with E-state index < -0.39 is 17.5 Å². The van der Waals surface area contributed by atoms with Crippen molar-refractivity contribution in [3.05, 3.63) is 59.4 Å². The minimum absolute atomic E-state index is 0.0486. The van der Waals surface area contributed by atoms with E-state index in [9.17, 15) is 14.7 Å². The molecule has 0 spiro atoms. The Morgan fingerprint density at radius 3 is 2.76 bits per heavy atom. The predicted molar refractivity (Wildman–Crippen MR) is 142 cm³/mol. The zero-order valence-electron chi connectivity index (χ0n) is 22.0. The number of rotatable bonds is 12. The highest BCUT2D eigenvalue weighted by atomic mass is 19.1. The molecule has 2 aromatic carbocycles. The van der Waals surface area contributed by atoms with Gasteiger partial charge in [0.1, 0.15) is 5.82 Å². The lowest BCUT2D eigenvalue weighted by Gasteiger charge is -2.43. The normalized spacial score (nSPS) is 17.3. The van der Waals surface area contributed by atoms with Gasteiger partial charge in [-0.25, -0.2) is 9.18 Å². The fourth-order valence-electron chi connectivity index (χ4n) is 5.37. The molecule has 0 unspecified atom stereocenters. The van der Waals surface area contributed by atoms with Gasteiger partial charge < -0.3 is 25.8 Å². The number of ether oxygens (including phenoxy) is 1. The van der Waals surface area contributed by atoms with Crippen LogP contribution < -0.4 is 11.1 Å². The van der Waals surface area contributed by atoms with Gasteiger partial charge in [0.2, 0.25) is 5.91 Å². The molecule has 2 amide bonds. The molecule has 202 valence electrons. The van der Waals surface area contributed by atoms with Crippen molar-refractivity contribution in [2.75, 3.05) is 33.3 Å². The second-order valence-corrected chi connectivity index (χ2v) is 9.80. The number of primary amides is 1. The molecule has 1 fully saturated rings. The van der Waals surface area contributed by atoms with E-state index in [0.717, 1.165) is 31.4 Å². The number of aryl methyl sites for hydroxylation is 1. The van der Waals surface area contributed by atoms with Gasteiger partial charge in [-0.2, -0.15) is 0 Å². The summed E-state index contributed by atoms with van der Waals surface area (Å²) in [6.45, 7) is 3.88. The van der Waals surface area contributed by atoms with Gasteiger partial charge in [-0.1, -0.05) is 43.3 Å². The maximum atomic E-state index is 15.5. The minimum Gasteiger partial charge on any atom is -0.450 e. The Kier molecular flexibility index (Phi) is 10.5. The summed E-state index contributed by atoms with van der Waals surface area (Å²) in [5.41, 5.74) is 6.32. The van der Waals surface area contributed by atoms with Crippen molar-refractivity contribution in [1.82, 2.24) is 10.2 Å². The molecule has 0 bridgehead atoms. The number of benzene rings is 2. The number of nitrogens with zero attached hydrogens (tertiary/aromatic N) is 1. The Labute approximate surface area is 219 Å². The van der Waals surface area contributed by atoms with Crippen LogP contribution in [0.15, 0.2) is 42.5 Å². The van der Waals surface area contributed by atoms with Gasteiger partial charge in [-0.3, -0.25) is 4.79 Å². The summed E-state index contributed by atoms with van der Waals surface area (Å²) in [4.78, 5) is 25.8. The lowest BCUT2D eigenvalue weighted by atomic mass is 9.72. The SMILES string of the molecule is CCc1cccc(-c2c(F)cccc2[C@](O)(CCCOC(N)=O)[C@@H]2CCCN(C(=O)CCCNC)C2)c1. The number of hydrogen-bond acceptors (Lipinski definition) is 5. The zero-order chi connectivity index (χ0) is 26.8. The molecule has 4 N–H and O–H groups in total. The smallest absolute Gasteiger partial charge is 0.404 e. The van der Waals surface area contributed by atoms with E-state index >= 15 is 4.39 Å². The Balaban J connectivity index is 1.99. The number of carbonyl (C=O) groups excluding carboxylic acids is 2. The van der Waals surface area contributed by atoms with E-state index in [1.807, 2.05) is 43.1 Å². The Bertz CT molecular complexity index is 1060. The molecule has 3 rings (SSSR count). The summed E-state index contributed by atoms with van der Waals surface area (Å²) in [7, 11) is 1.86. The zero-order valence-corrected chi connectivity index (χ0v) is 22.0. The van der Waals surface area contributed by atoms with E-state index in [0.29, 0.717) is 49.0 Å². The number of nitrogens with two attached hydrogens (primary N) is 1. The van der Waals surface area contributed by atoms with Crippen LogP contribution in [0.25, 0.3) is 11.1 Å². The number of piperidine rings is 1. The molecule has 37 heavy (non-hydrogen) atoms.